The molecule has 1 rings (SSSR count). The summed E-state index contributed by atoms with van der Waals surface area (Å²) in [7, 11) is 0. The van der Waals surface area contributed by atoms with Crippen molar-refractivity contribution < 1.29 is 19.4 Å². The highest BCUT2D eigenvalue weighted by Crippen LogP contribution is 2.12. The molecule has 1 saturated heterocycles. The summed E-state index contributed by atoms with van der Waals surface area (Å²) in [6.07, 6.45) is 3.69. The second kappa shape index (κ2) is 5.78. The van der Waals surface area contributed by atoms with E-state index in [9.17, 15) is 4.79 Å². The molecule has 14 heavy (non-hydrogen) atoms. The number of rotatable bonds is 7. The maximum atomic E-state index is 10.4. The van der Waals surface area contributed by atoms with E-state index in [0.29, 0.717) is 31.3 Å². The number of carboxylic acids is 1. The number of epoxide rings is 1. The standard InChI is InChI=1S/C10H16O4/c1-8(10(11)12)3-2-5-13-6-4-9-7-14-9/h3,9H,2,4-7H2,1H3,(H,11,12)/b8-3+. The Morgan fingerprint density at radius 1 is 1.64 bits per heavy atom. The van der Waals surface area contributed by atoms with Gasteiger partial charge in [-0.3, -0.25) is 0 Å². The van der Waals surface area contributed by atoms with Crippen LogP contribution in [0, 0.1) is 0 Å². The second-order valence-electron chi connectivity index (χ2n) is 3.34. The van der Waals surface area contributed by atoms with Gasteiger partial charge in [0.1, 0.15) is 0 Å². The van der Waals surface area contributed by atoms with Gasteiger partial charge in [0.15, 0.2) is 0 Å². The van der Waals surface area contributed by atoms with Gasteiger partial charge in [-0.1, -0.05) is 6.08 Å². The molecule has 0 amide bonds. The van der Waals surface area contributed by atoms with Crippen molar-refractivity contribution in [2.45, 2.75) is 25.9 Å². The minimum atomic E-state index is -0.864. The summed E-state index contributed by atoms with van der Waals surface area (Å²) in [5.74, 6) is -0.864. The zero-order valence-electron chi connectivity index (χ0n) is 8.36. The number of ether oxygens (including phenoxy) is 2. The zero-order valence-corrected chi connectivity index (χ0v) is 8.36. The van der Waals surface area contributed by atoms with Crippen LogP contribution in [0.3, 0.4) is 0 Å². The maximum Gasteiger partial charge on any atom is 0.330 e. The minimum Gasteiger partial charge on any atom is -0.478 e. The van der Waals surface area contributed by atoms with Crippen molar-refractivity contribution >= 4 is 5.97 Å². The summed E-state index contributed by atoms with van der Waals surface area (Å²) >= 11 is 0. The predicted molar refractivity (Wildman–Crippen MR) is 51.2 cm³/mol. The Balaban J connectivity index is 1.92. The monoisotopic (exact) mass is 200 g/mol. The van der Waals surface area contributed by atoms with Crippen LogP contribution in [-0.4, -0.2) is 37.0 Å². The van der Waals surface area contributed by atoms with E-state index in [-0.39, 0.29) is 0 Å². The van der Waals surface area contributed by atoms with Crippen molar-refractivity contribution in [1.29, 1.82) is 0 Å². The van der Waals surface area contributed by atoms with Gasteiger partial charge in [-0.2, -0.15) is 0 Å². The molecule has 80 valence electrons. The maximum absolute atomic E-state index is 10.4. The molecule has 4 nitrogen and oxygen atoms in total. The number of carbonyl (C=O) groups is 1. The van der Waals surface area contributed by atoms with Crippen LogP contribution in [0.2, 0.25) is 0 Å². The van der Waals surface area contributed by atoms with Crippen LogP contribution in [0.15, 0.2) is 11.6 Å². The molecule has 1 heterocycles. The quantitative estimate of drug-likeness (QED) is 0.381. The van der Waals surface area contributed by atoms with Gasteiger partial charge in [-0.25, -0.2) is 4.79 Å². The SMILES string of the molecule is C/C(=C\CCOCCC1CO1)C(=O)O. The van der Waals surface area contributed by atoms with Gasteiger partial charge in [-0.15, -0.1) is 0 Å². The zero-order chi connectivity index (χ0) is 10.4. The molecule has 1 fully saturated rings. The Hall–Kier alpha value is -0.870. The van der Waals surface area contributed by atoms with Gasteiger partial charge in [0, 0.05) is 12.2 Å². The first-order valence-corrected chi connectivity index (χ1v) is 4.79. The Kier molecular flexibility index (Phi) is 4.62. The van der Waals surface area contributed by atoms with E-state index >= 15 is 0 Å². The lowest BCUT2D eigenvalue weighted by Gasteiger charge is -2.00. The largest absolute Gasteiger partial charge is 0.478 e. The van der Waals surface area contributed by atoms with Crippen molar-refractivity contribution in [3.05, 3.63) is 11.6 Å². The van der Waals surface area contributed by atoms with Crippen LogP contribution < -0.4 is 0 Å². The normalized spacial score (nSPS) is 20.9. The summed E-state index contributed by atoms with van der Waals surface area (Å²) in [5.41, 5.74) is 0.374. The molecule has 0 aromatic heterocycles. The summed E-state index contributed by atoms with van der Waals surface area (Å²) in [6, 6.07) is 0. The number of carboxylic acid groups (broad SMARTS) is 1. The molecule has 1 aliphatic rings. The Labute approximate surface area is 83.5 Å². The second-order valence-corrected chi connectivity index (χ2v) is 3.34. The molecular formula is C10H16O4. The van der Waals surface area contributed by atoms with E-state index in [1.54, 1.807) is 13.0 Å². The van der Waals surface area contributed by atoms with Crippen LogP contribution in [0.1, 0.15) is 19.8 Å². The van der Waals surface area contributed by atoms with Crippen molar-refractivity contribution in [2.75, 3.05) is 19.8 Å². The Morgan fingerprint density at radius 3 is 2.93 bits per heavy atom. The van der Waals surface area contributed by atoms with Gasteiger partial charge in [0.05, 0.1) is 19.3 Å². The number of hydrogen-bond donors (Lipinski definition) is 1. The minimum absolute atomic E-state index is 0.374. The fourth-order valence-corrected chi connectivity index (χ4v) is 0.998. The van der Waals surface area contributed by atoms with E-state index in [4.69, 9.17) is 14.6 Å². The smallest absolute Gasteiger partial charge is 0.330 e. The topological polar surface area (TPSA) is 59.1 Å². The van der Waals surface area contributed by atoms with Gasteiger partial charge >= 0.3 is 5.97 Å². The van der Waals surface area contributed by atoms with Gasteiger partial charge < -0.3 is 14.6 Å². The van der Waals surface area contributed by atoms with Gasteiger partial charge in [0.2, 0.25) is 0 Å². The molecule has 0 spiro atoms. The van der Waals surface area contributed by atoms with E-state index in [0.717, 1.165) is 13.0 Å². The summed E-state index contributed by atoms with van der Waals surface area (Å²) in [5, 5.41) is 8.54. The summed E-state index contributed by atoms with van der Waals surface area (Å²) < 4.78 is 10.3. The van der Waals surface area contributed by atoms with Crippen molar-refractivity contribution in [2.24, 2.45) is 0 Å². The molecule has 0 bridgehead atoms. The van der Waals surface area contributed by atoms with Crippen LogP contribution in [0.4, 0.5) is 0 Å². The van der Waals surface area contributed by atoms with Crippen molar-refractivity contribution in [3.8, 4) is 0 Å². The van der Waals surface area contributed by atoms with Crippen LogP contribution in [0.5, 0.6) is 0 Å². The molecular weight excluding hydrogens is 184 g/mol. The Bertz CT molecular complexity index is 218. The fraction of sp³-hybridized carbons (Fsp3) is 0.700. The molecule has 1 unspecified atom stereocenters. The lowest BCUT2D eigenvalue weighted by atomic mass is 10.2. The molecule has 1 atom stereocenters. The molecule has 1 N–H and O–H groups in total. The van der Waals surface area contributed by atoms with Crippen LogP contribution in [-0.2, 0) is 14.3 Å². The molecule has 0 aromatic rings. The molecule has 0 saturated carbocycles. The Morgan fingerprint density at radius 2 is 2.36 bits per heavy atom. The lowest BCUT2D eigenvalue weighted by Crippen LogP contribution is -2.01. The first-order chi connectivity index (χ1) is 6.70. The predicted octanol–water partition coefficient (Wildman–Crippen LogP) is 1.21. The highest BCUT2D eigenvalue weighted by atomic mass is 16.6. The average molecular weight is 200 g/mol. The van der Waals surface area contributed by atoms with E-state index in [1.165, 1.54) is 0 Å². The van der Waals surface area contributed by atoms with Crippen LogP contribution in [0.25, 0.3) is 0 Å². The van der Waals surface area contributed by atoms with E-state index < -0.39 is 5.97 Å². The first-order valence-electron chi connectivity index (χ1n) is 4.79. The van der Waals surface area contributed by atoms with Crippen molar-refractivity contribution in [1.82, 2.24) is 0 Å². The van der Waals surface area contributed by atoms with E-state index in [2.05, 4.69) is 0 Å². The van der Waals surface area contributed by atoms with Crippen molar-refractivity contribution in [3.63, 3.8) is 0 Å². The average Bonchev–Trinajstić information content (AvgIpc) is 2.94. The molecule has 0 aromatic carbocycles. The third-order valence-corrected chi connectivity index (χ3v) is 2.04. The molecule has 1 aliphatic heterocycles. The third kappa shape index (κ3) is 4.99. The molecule has 0 aliphatic carbocycles. The number of aliphatic carboxylic acids is 1. The summed E-state index contributed by atoms with van der Waals surface area (Å²) in [6.45, 7) is 3.73. The van der Waals surface area contributed by atoms with E-state index in [1.807, 2.05) is 0 Å². The van der Waals surface area contributed by atoms with Gasteiger partial charge in [0.25, 0.3) is 0 Å². The summed E-state index contributed by atoms with van der Waals surface area (Å²) in [4.78, 5) is 10.4. The highest BCUT2D eigenvalue weighted by Gasteiger charge is 2.21. The van der Waals surface area contributed by atoms with Crippen LogP contribution >= 0.6 is 0 Å². The lowest BCUT2D eigenvalue weighted by molar-refractivity contribution is -0.132. The van der Waals surface area contributed by atoms with Gasteiger partial charge in [-0.05, 0) is 19.8 Å². The highest BCUT2D eigenvalue weighted by molar-refractivity contribution is 5.85. The first kappa shape index (κ1) is 11.2. The molecule has 0 radical (unpaired) electrons. The molecule has 4 heteroatoms. The fourth-order valence-electron chi connectivity index (χ4n) is 0.998. The third-order valence-electron chi connectivity index (χ3n) is 2.04. The number of hydrogen-bond acceptors (Lipinski definition) is 3.